The number of nitrogens with one attached hydrogen (secondary N) is 1. The van der Waals surface area contributed by atoms with Crippen molar-refractivity contribution < 1.29 is 0 Å². The molecule has 2 saturated carbocycles. The van der Waals surface area contributed by atoms with Crippen LogP contribution in [0.25, 0.3) is 0 Å². The van der Waals surface area contributed by atoms with Gasteiger partial charge >= 0.3 is 0 Å². The summed E-state index contributed by atoms with van der Waals surface area (Å²) >= 11 is 1.75. The van der Waals surface area contributed by atoms with Crippen LogP contribution in [0.1, 0.15) is 37.5 Å². The van der Waals surface area contributed by atoms with E-state index >= 15 is 0 Å². The van der Waals surface area contributed by atoms with Crippen LogP contribution in [0.3, 0.4) is 0 Å². The summed E-state index contributed by atoms with van der Waals surface area (Å²) in [7, 11) is 0. The summed E-state index contributed by atoms with van der Waals surface area (Å²) in [5.41, 5.74) is 1.92. The second kappa shape index (κ2) is 4.46. The highest BCUT2D eigenvalue weighted by molar-refractivity contribution is 7.09. The molecule has 3 heteroatoms. The number of aromatic nitrogens is 1. The molecule has 4 unspecified atom stereocenters. The average molecular weight is 236 g/mol. The molecule has 0 spiro atoms. The van der Waals surface area contributed by atoms with E-state index in [1.54, 1.807) is 11.3 Å². The topological polar surface area (TPSA) is 24.9 Å². The third kappa shape index (κ3) is 2.03. The van der Waals surface area contributed by atoms with Crippen LogP contribution >= 0.6 is 11.3 Å². The molecular formula is C13H20N2S. The Morgan fingerprint density at radius 2 is 2.44 bits per heavy atom. The third-order valence-corrected chi connectivity index (χ3v) is 5.30. The van der Waals surface area contributed by atoms with Crippen molar-refractivity contribution in [2.24, 2.45) is 17.8 Å². The normalized spacial score (nSPS) is 34.4. The summed E-state index contributed by atoms with van der Waals surface area (Å²) in [5, 5.41) is 3.68. The molecular weight excluding hydrogens is 216 g/mol. The molecule has 88 valence electrons. The van der Waals surface area contributed by atoms with E-state index in [2.05, 4.69) is 17.2 Å². The molecule has 1 aromatic heterocycles. The molecule has 0 saturated heterocycles. The van der Waals surface area contributed by atoms with Crippen LogP contribution in [-0.2, 0) is 6.54 Å². The van der Waals surface area contributed by atoms with E-state index in [1.165, 1.54) is 30.6 Å². The molecule has 3 rings (SSSR count). The fourth-order valence-electron chi connectivity index (χ4n) is 3.65. The molecule has 4 atom stereocenters. The lowest BCUT2D eigenvalue weighted by Gasteiger charge is -2.28. The number of nitrogens with zero attached hydrogens (tertiary/aromatic N) is 1. The lowest BCUT2D eigenvalue weighted by atomic mass is 9.84. The van der Waals surface area contributed by atoms with E-state index in [0.717, 1.165) is 24.3 Å². The molecule has 0 aromatic carbocycles. The van der Waals surface area contributed by atoms with Crippen LogP contribution in [0.5, 0.6) is 0 Å². The summed E-state index contributed by atoms with van der Waals surface area (Å²) < 4.78 is 0. The summed E-state index contributed by atoms with van der Waals surface area (Å²) in [5.74, 6) is 3.02. The van der Waals surface area contributed by atoms with Crippen molar-refractivity contribution in [1.82, 2.24) is 10.3 Å². The smallest absolute Gasteiger partial charge is 0.0794 e. The molecule has 2 aliphatic carbocycles. The zero-order valence-electron chi connectivity index (χ0n) is 9.86. The van der Waals surface area contributed by atoms with Crippen molar-refractivity contribution in [3.63, 3.8) is 0 Å². The molecule has 1 aromatic rings. The van der Waals surface area contributed by atoms with Crippen LogP contribution < -0.4 is 5.32 Å². The molecule has 2 aliphatic rings. The first-order valence-corrected chi connectivity index (χ1v) is 7.31. The SMILES string of the molecule is CC(NCc1cncs1)C1CC2CCC1C2. The van der Waals surface area contributed by atoms with Gasteiger partial charge in [0.25, 0.3) is 0 Å². The molecule has 0 radical (unpaired) electrons. The fourth-order valence-corrected chi connectivity index (χ4v) is 4.19. The zero-order chi connectivity index (χ0) is 11.0. The lowest BCUT2D eigenvalue weighted by molar-refractivity contribution is 0.260. The van der Waals surface area contributed by atoms with E-state index in [1.807, 2.05) is 11.7 Å². The van der Waals surface area contributed by atoms with Gasteiger partial charge in [0, 0.05) is 23.7 Å². The van der Waals surface area contributed by atoms with E-state index in [4.69, 9.17) is 0 Å². The van der Waals surface area contributed by atoms with Crippen LogP contribution in [0.4, 0.5) is 0 Å². The number of rotatable bonds is 4. The van der Waals surface area contributed by atoms with Gasteiger partial charge in [-0.2, -0.15) is 0 Å². The Labute approximate surface area is 101 Å². The molecule has 0 amide bonds. The number of fused-ring (bicyclic) bond motifs is 2. The first-order valence-electron chi connectivity index (χ1n) is 6.43. The van der Waals surface area contributed by atoms with Gasteiger partial charge in [0.15, 0.2) is 0 Å². The fraction of sp³-hybridized carbons (Fsp3) is 0.769. The Bertz CT molecular complexity index is 336. The van der Waals surface area contributed by atoms with Crippen LogP contribution in [0.15, 0.2) is 11.7 Å². The Hall–Kier alpha value is -0.410. The van der Waals surface area contributed by atoms with Gasteiger partial charge in [-0.25, -0.2) is 0 Å². The molecule has 2 bridgehead atoms. The van der Waals surface area contributed by atoms with Crippen molar-refractivity contribution in [2.45, 2.75) is 45.2 Å². The number of thiazole rings is 1. The molecule has 1 N–H and O–H groups in total. The van der Waals surface area contributed by atoms with Gasteiger partial charge in [0.2, 0.25) is 0 Å². The van der Waals surface area contributed by atoms with Gasteiger partial charge in [0.1, 0.15) is 0 Å². The minimum Gasteiger partial charge on any atom is -0.309 e. The summed E-state index contributed by atoms with van der Waals surface area (Å²) in [6.45, 7) is 3.37. The van der Waals surface area contributed by atoms with Crippen molar-refractivity contribution >= 4 is 11.3 Å². The predicted octanol–water partition coefficient (Wildman–Crippen LogP) is 3.06. The van der Waals surface area contributed by atoms with Gasteiger partial charge in [-0.1, -0.05) is 6.42 Å². The maximum atomic E-state index is 4.11. The predicted molar refractivity (Wildman–Crippen MR) is 67.4 cm³/mol. The van der Waals surface area contributed by atoms with E-state index < -0.39 is 0 Å². The monoisotopic (exact) mass is 236 g/mol. The minimum absolute atomic E-state index is 0.678. The average Bonchev–Trinajstić information content (AvgIpc) is 3.01. The van der Waals surface area contributed by atoms with Gasteiger partial charge in [0.05, 0.1) is 5.51 Å². The summed E-state index contributed by atoms with van der Waals surface area (Å²) in [6.07, 6.45) is 7.95. The molecule has 16 heavy (non-hydrogen) atoms. The van der Waals surface area contributed by atoms with Crippen LogP contribution in [0, 0.1) is 17.8 Å². The first-order chi connectivity index (χ1) is 7.83. The third-order valence-electron chi connectivity index (χ3n) is 4.52. The molecule has 2 nitrogen and oxygen atoms in total. The zero-order valence-corrected chi connectivity index (χ0v) is 10.7. The van der Waals surface area contributed by atoms with Crippen LogP contribution in [0.2, 0.25) is 0 Å². The Morgan fingerprint density at radius 3 is 3.06 bits per heavy atom. The summed E-state index contributed by atoms with van der Waals surface area (Å²) in [6, 6.07) is 0.678. The van der Waals surface area contributed by atoms with E-state index in [-0.39, 0.29) is 0 Å². The molecule has 0 aliphatic heterocycles. The Morgan fingerprint density at radius 1 is 1.50 bits per heavy atom. The Balaban J connectivity index is 1.52. The lowest BCUT2D eigenvalue weighted by Crippen LogP contribution is -2.35. The largest absolute Gasteiger partial charge is 0.309 e. The van der Waals surface area contributed by atoms with Crippen LogP contribution in [-0.4, -0.2) is 11.0 Å². The van der Waals surface area contributed by atoms with Crippen molar-refractivity contribution in [3.8, 4) is 0 Å². The van der Waals surface area contributed by atoms with Crippen molar-refractivity contribution in [2.75, 3.05) is 0 Å². The highest BCUT2D eigenvalue weighted by Gasteiger charge is 2.41. The highest BCUT2D eigenvalue weighted by atomic mass is 32.1. The van der Waals surface area contributed by atoms with Gasteiger partial charge in [-0.15, -0.1) is 11.3 Å². The van der Waals surface area contributed by atoms with Gasteiger partial charge in [-0.3, -0.25) is 4.98 Å². The van der Waals surface area contributed by atoms with Crippen molar-refractivity contribution in [1.29, 1.82) is 0 Å². The second-order valence-corrected chi connectivity index (χ2v) is 6.45. The van der Waals surface area contributed by atoms with Crippen molar-refractivity contribution in [3.05, 3.63) is 16.6 Å². The second-order valence-electron chi connectivity index (χ2n) is 5.48. The number of hydrogen-bond donors (Lipinski definition) is 1. The quantitative estimate of drug-likeness (QED) is 0.869. The number of hydrogen-bond acceptors (Lipinski definition) is 3. The highest BCUT2D eigenvalue weighted by Crippen LogP contribution is 2.49. The van der Waals surface area contributed by atoms with Gasteiger partial charge in [-0.05, 0) is 43.9 Å². The molecule has 1 heterocycles. The maximum Gasteiger partial charge on any atom is 0.0794 e. The van der Waals surface area contributed by atoms with E-state index in [9.17, 15) is 0 Å². The van der Waals surface area contributed by atoms with E-state index in [0.29, 0.717) is 6.04 Å². The minimum atomic E-state index is 0.678. The van der Waals surface area contributed by atoms with Gasteiger partial charge < -0.3 is 5.32 Å². The maximum absolute atomic E-state index is 4.11. The first kappa shape index (κ1) is 10.7. The molecule has 2 fully saturated rings. The Kier molecular flexibility index (Phi) is 2.99. The standard InChI is InChI=1S/C13H20N2S/c1-9(15-7-12-6-14-8-16-12)13-5-10-2-3-11(13)4-10/h6,8-11,13,15H,2-5,7H2,1H3. The summed E-state index contributed by atoms with van der Waals surface area (Å²) in [4.78, 5) is 5.47.